The summed E-state index contributed by atoms with van der Waals surface area (Å²) in [5.41, 5.74) is 1.61. The molecule has 0 fully saturated rings. The van der Waals surface area contributed by atoms with Crippen LogP contribution in [-0.4, -0.2) is 14.7 Å². The number of hydrogen-bond donors (Lipinski definition) is 0. The van der Waals surface area contributed by atoms with Gasteiger partial charge in [0.15, 0.2) is 5.82 Å². The van der Waals surface area contributed by atoms with Crippen molar-refractivity contribution in [2.24, 2.45) is 0 Å². The summed E-state index contributed by atoms with van der Waals surface area (Å²) in [4.78, 5) is 4.29. The van der Waals surface area contributed by atoms with E-state index in [0.29, 0.717) is 16.4 Å². The van der Waals surface area contributed by atoms with Gasteiger partial charge in [0.25, 0.3) is 5.89 Å². The maximum absolute atomic E-state index is 13.0. The van der Waals surface area contributed by atoms with E-state index in [-0.39, 0.29) is 18.0 Å². The molecule has 9 heteroatoms. The number of hydrogen-bond acceptors (Lipinski definition) is 4. The number of aryl methyl sites for hydroxylation is 1. The average molecular weight is 445 g/mol. The molecule has 0 aliphatic rings. The Morgan fingerprint density at radius 1 is 1.19 bits per heavy atom. The molecule has 2 aromatic carbocycles. The van der Waals surface area contributed by atoms with Gasteiger partial charge >= 0.3 is 6.18 Å². The average Bonchev–Trinajstić information content (AvgIpc) is 3.34. The summed E-state index contributed by atoms with van der Waals surface area (Å²) in [6.07, 6.45) is -2.80. The molecule has 0 spiro atoms. The molecular formula is C22H16ClF3N4O. The predicted molar refractivity (Wildman–Crippen MR) is 109 cm³/mol. The van der Waals surface area contributed by atoms with Gasteiger partial charge in [-0.1, -0.05) is 36.2 Å². The molecule has 158 valence electrons. The molecular weight excluding hydrogens is 429 g/mol. The van der Waals surface area contributed by atoms with Crippen LogP contribution in [-0.2, 0) is 19.1 Å². The Balaban J connectivity index is 1.71. The van der Waals surface area contributed by atoms with Crippen molar-refractivity contribution in [3.05, 3.63) is 70.1 Å². The first-order valence-corrected chi connectivity index (χ1v) is 9.90. The van der Waals surface area contributed by atoms with E-state index < -0.39 is 11.7 Å². The zero-order valence-corrected chi connectivity index (χ0v) is 17.1. The number of aromatic nitrogens is 3. The summed E-state index contributed by atoms with van der Waals surface area (Å²) in [6, 6.07) is 12.2. The van der Waals surface area contributed by atoms with Crippen LogP contribution in [0.1, 0.15) is 36.0 Å². The quantitative estimate of drug-likeness (QED) is 0.365. The van der Waals surface area contributed by atoms with Gasteiger partial charge in [0.1, 0.15) is 6.07 Å². The van der Waals surface area contributed by atoms with Crippen LogP contribution in [0.25, 0.3) is 22.4 Å². The van der Waals surface area contributed by atoms with Gasteiger partial charge in [-0.15, -0.1) is 0 Å². The molecule has 0 radical (unpaired) electrons. The molecule has 4 rings (SSSR count). The minimum Gasteiger partial charge on any atom is -0.337 e. The van der Waals surface area contributed by atoms with Crippen molar-refractivity contribution in [1.82, 2.24) is 14.7 Å². The fourth-order valence-electron chi connectivity index (χ4n) is 3.50. The molecule has 0 aliphatic carbocycles. The van der Waals surface area contributed by atoms with Crippen LogP contribution >= 0.6 is 11.6 Å². The molecule has 0 saturated carbocycles. The zero-order chi connectivity index (χ0) is 22.2. The van der Waals surface area contributed by atoms with Gasteiger partial charge in [-0.3, -0.25) is 0 Å². The molecule has 2 heterocycles. The van der Waals surface area contributed by atoms with Crippen LogP contribution < -0.4 is 0 Å². The fraction of sp³-hybridized carbons (Fsp3) is 0.227. The monoisotopic (exact) mass is 444 g/mol. The predicted octanol–water partition coefficient (Wildman–Crippen LogP) is 6.24. The van der Waals surface area contributed by atoms with Gasteiger partial charge in [-0.2, -0.15) is 23.4 Å². The van der Waals surface area contributed by atoms with Crippen molar-refractivity contribution >= 4 is 22.5 Å². The molecule has 0 unspecified atom stereocenters. The molecule has 2 aromatic heterocycles. The molecule has 0 N–H and O–H groups in total. The maximum atomic E-state index is 13.0. The van der Waals surface area contributed by atoms with Crippen LogP contribution in [0, 0.1) is 11.3 Å². The molecule has 31 heavy (non-hydrogen) atoms. The van der Waals surface area contributed by atoms with Crippen LogP contribution in [0.5, 0.6) is 0 Å². The Morgan fingerprint density at radius 3 is 2.71 bits per heavy atom. The number of halogens is 4. The number of benzene rings is 2. The molecule has 0 saturated heterocycles. The van der Waals surface area contributed by atoms with Gasteiger partial charge < -0.3 is 9.09 Å². The van der Waals surface area contributed by atoms with E-state index in [1.54, 1.807) is 6.07 Å². The van der Waals surface area contributed by atoms with E-state index in [1.165, 1.54) is 12.1 Å². The smallest absolute Gasteiger partial charge is 0.337 e. The third-order valence-electron chi connectivity index (χ3n) is 4.94. The van der Waals surface area contributed by atoms with E-state index in [2.05, 4.69) is 16.2 Å². The lowest BCUT2D eigenvalue weighted by molar-refractivity contribution is -0.137. The molecule has 0 bridgehead atoms. The summed E-state index contributed by atoms with van der Waals surface area (Å²) >= 11 is 6.39. The van der Waals surface area contributed by atoms with Crippen molar-refractivity contribution in [2.45, 2.75) is 32.5 Å². The highest BCUT2D eigenvalue weighted by Crippen LogP contribution is 2.33. The molecule has 4 aromatic rings. The second-order valence-corrected chi connectivity index (χ2v) is 7.42. The highest BCUT2D eigenvalue weighted by atomic mass is 35.5. The molecule has 0 amide bonds. The van der Waals surface area contributed by atoms with Crippen molar-refractivity contribution in [3.8, 4) is 17.5 Å². The summed E-state index contributed by atoms with van der Waals surface area (Å²) in [6.45, 7) is 2.30. The molecule has 0 atom stereocenters. The third-order valence-corrected chi connectivity index (χ3v) is 5.34. The van der Waals surface area contributed by atoms with Crippen molar-refractivity contribution in [2.75, 3.05) is 0 Å². The van der Waals surface area contributed by atoms with E-state index in [1.807, 2.05) is 23.6 Å². The maximum Gasteiger partial charge on any atom is 0.416 e. The Kier molecular flexibility index (Phi) is 5.46. The third kappa shape index (κ3) is 4.01. The second-order valence-electron chi connectivity index (χ2n) is 7.04. The van der Waals surface area contributed by atoms with Crippen LogP contribution in [0.4, 0.5) is 13.2 Å². The van der Waals surface area contributed by atoms with Crippen molar-refractivity contribution in [1.29, 1.82) is 5.26 Å². The highest BCUT2D eigenvalue weighted by Gasteiger charge is 2.31. The number of rotatable bonds is 5. The van der Waals surface area contributed by atoms with Crippen molar-refractivity contribution < 1.29 is 17.7 Å². The van der Waals surface area contributed by atoms with Crippen LogP contribution in [0.15, 0.2) is 47.0 Å². The highest BCUT2D eigenvalue weighted by molar-refractivity contribution is 6.36. The molecule has 5 nitrogen and oxygen atoms in total. The van der Waals surface area contributed by atoms with E-state index in [9.17, 15) is 18.4 Å². The van der Waals surface area contributed by atoms with E-state index in [4.69, 9.17) is 16.1 Å². The van der Waals surface area contributed by atoms with Crippen LogP contribution in [0.2, 0.25) is 5.02 Å². The topological polar surface area (TPSA) is 67.6 Å². The Bertz CT molecular complexity index is 1300. The molecule has 0 aliphatic heterocycles. The lowest BCUT2D eigenvalue weighted by Gasteiger charge is -2.08. The van der Waals surface area contributed by atoms with Gasteiger partial charge in [-0.05, 0) is 42.8 Å². The second kappa shape index (κ2) is 8.08. The summed E-state index contributed by atoms with van der Waals surface area (Å²) in [7, 11) is 0. The standard InChI is InChI=1S/C22H16ClF3N4O/c1-2-4-16-10-17-18(8-7-14(11-27)20(17)23)30(16)12-19-28-21(31-29-19)13-5-3-6-15(9-13)22(24,25)26/h3,5-10H,2,4,12H2,1H3. The SMILES string of the molecule is CCCc1cc2c(Cl)c(C#N)ccc2n1Cc1noc(-c2cccc(C(F)(F)F)c2)n1. The van der Waals surface area contributed by atoms with Crippen molar-refractivity contribution in [3.63, 3.8) is 0 Å². The minimum absolute atomic E-state index is 0.0133. The summed E-state index contributed by atoms with van der Waals surface area (Å²) < 4.78 is 46.2. The Morgan fingerprint density at radius 2 is 2.00 bits per heavy atom. The fourth-order valence-corrected chi connectivity index (χ4v) is 3.75. The van der Waals surface area contributed by atoms with Gasteiger partial charge in [-0.25, -0.2) is 0 Å². The van der Waals surface area contributed by atoms with Gasteiger partial charge in [0, 0.05) is 16.6 Å². The van der Waals surface area contributed by atoms with E-state index >= 15 is 0 Å². The van der Waals surface area contributed by atoms with E-state index in [0.717, 1.165) is 41.6 Å². The van der Waals surface area contributed by atoms with Gasteiger partial charge in [0.2, 0.25) is 0 Å². The minimum atomic E-state index is -4.46. The number of nitriles is 1. The number of nitrogens with zero attached hydrogens (tertiary/aromatic N) is 4. The zero-order valence-electron chi connectivity index (χ0n) is 16.4. The van der Waals surface area contributed by atoms with Gasteiger partial charge in [0.05, 0.1) is 28.2 Å². The summed E-state index contributed by atoms with van der Waals surface area (Å²) in [5.74, 6) is 0.335. The first-order valence-electron chi connectivity index (χ1n) is 9.52. The number of fused-ring (bicyclic) bond motifs is 1. The summed E-state index contributed by atoms with van der Waals surface area (Å²) in [5, 5.41) is 14.3. The normalized spacial score (nSPS) is 11.7. The lowest BCUT2D eigenvalue weighted by atomic mass is 10.1. The Labute approximate surface area is 180 Å². The Hall–Kier alpha value is -3.31. The van der Waals surface area contributed by atoms with Crippen LogP contribution in [0.3, 0.4) is 0 Å². The first kappa shape index (κ1) is 20.9. The first-order chi connectivity index (χ1) is 14.8. The number of alkyl halides is 3. The lowest BCUT2D eigenvalue weighted by Crippen LogP contribution is -2.06. The largest absolute Gasteiger partial charge is 0.416 e.